The average Bonchev–Trinajstić information content (AvgIpc) is 2.85. The zero-order valence-electron chi connectivity index (χ0n) is 13.8. The van der Waals surface area contributed by atoms with Crippen molar-refractivity contribution in [2.75, 3.05) is 24.8 Å². The van der Waals surface area contributed by atoms with Crippen LogP contribution in [0.2, 0.25) is 0 Å². The van der Waals surface area contributed by atoms with Gasteiger partial charge in [-0.15, -0.1) is 11.8 Å². The summed E-state index contributed by atoms with van der Waals surface area (Å²) in [6.45, 7) is 2.52. The monoisotopic (exact) mass is 356 g/mol. The van der Waals surface area contributed by atoms with Gasteiger partial charge in [-0.05, 0) is 44.3 Å². The first-order chi connectivity index (χ1) is 10.8. The van der Waals surface area contributed by atoms with Crippen LogP contribution in [0.15, 0.2) is 29.2 Å². The van der Waals surface area contributed by atoms with Crippen molar-refractivity contribution < 1.29 is 13.2 Å². The zero-order chi connectivity index (χ0) is 17.0. The average molecular weight is 357 g/mol. The Labute approximate surface area is 142 Å². The molecule has 1 N–H and O–H groups in total. The Morgan fingerprint density at radius 2 is 2.04 bits per heavy atom. The molecule has 1 aliphatic heterocycles. The van der Waals surface area contributed by atoms with Crippen molar-refractivity contribution in [1.82, 2.24) is 10.2 Å². The fraction of sp³-hybridized carbons (Fsp3) is 0.562. The summed E-state index contributed by atoms with van der Waals surface area (Å²) in [5, 5.41) is 2.86. The maximum atomic E-state index is 12.3. The number of amides is 1. The molecule has 0 radical (unpaired) electrons. The van der Waals surface area contributed by atoms with Gasteiger partial charge >= 0.3 is 0 Å². The number of benzene rings is 1. The normalized spacial score (nSPS) is 21.3. The second-order valence-corrected chi connectivity index (χ2v) is 9.16. The van der Waals surface area contributed by atoms with Crippen LogP contribution in [0.3, 0.4) is 0 Å². The lowest BCUT2D eigenvalue weighted by Gasteiger charge is -2.25. The highest BCUT2D eigenvalue weighted by atomic mass is 32.2. The van der Waals surface area contributed by atoms with E-state index in [1.165, 1.54) is 4.90 Å². The molecule has 2 rings (SSSR count). The molecule has 1 fully saturated rings. The van der Waals surface area contributed by atoms with Gasteiger partial charge in [0.05, 0.1) is 17.5 Å². The summed E-state index contributed by atoms with van der Waals surface area (Å²) in [7, 11) is -1.07. The van der Waals surface area contributed by atoms with Crippen LogP contribution in [-0.2, 0) is 21.2 Å². The van der Waals surface area contributed by atoms with Gasteiger partial charge in [-0.2, -0.15) is 0 Å². The van der Waals surface area contributed by atoms with Crippen LogP contribution in [0, 0.1) is 0 Å². The summed E-state index contributed by atoms with van der Waals surface area (Å²) in [6.07, 6.45) is 2.55. The Bertz CT molecular complexity index is 644. The van der Waals surface area contributed by atoms with E-state index in [0.29, 0.717) is 13.0 Å². The van der Waals surface area contributed by atoms with Crippen molar-refractivity contribution in [3.05, 3.63) is 29.8 Å². The molecular formula is C16H24N2O3S2. The van der Waals surface area contributed by atoms with Crippen molar-refractivity contribution in [3.63, 3.8) is 0 Å². The van der Waals surface area contributed by atoms with E-state index in [0.717, 1.165) is 5.56 Å². The smallest absolute Gasteiger partial charge is 0.237 e. The fourth-order valence-electron chi connectivity index (χ4n) is 2.59. The molecule has 1 aromatic rings. The van der Waals surface area contributed by atoms with Crippen molar-refractivity contribution in [2.45, 2.75) is 36.9 Å². The van der Waals surface area contributed by atoms with Gasteiger partial charge in [0.2, 0.25) is 5.91 Å². The standard InChI is InChI=1S/C16H24N2O3S2/c1-12(16(19)17-14-8-9-23(20,21)11-14)18(2)10-13-4-6-15(22-3)7-5-13/h4-7,12,14H,8-11H2,1-3H3,(H,17,19)/t12-,14+/m0/s1. The van der Waals surface area contributed by atoms with E-state index in [1.807, 2.05) is 25.1 Å². The molecule has 1 aromatic carbocycles. The van der Waals surface area contributed by atoms with Crippen molar-refractivity contribution in [3.8, 4) is 0 Å². The number of hydrogen-bond acceptors (Lipinski definition) is 5. The molecule has 2 atom stereocenters. The van der Waals surface area contributed by atoms with E-state index in [4.69, 9.17) is 0 Å². The predicted octanol–water partition coefficient (Wildman–Crippen LogP) is 1.53. The van der Waals surface area contributed by atoms with Crippen LogP contribution in [0.4, 0.5) is 0 Å². The Hall–Kier alpha value is -1.05. The number of thioether (sulfide) groups is 1. The molecule has 1 aliphatic rings. The first-order valence-electron chi connectivity index (χ1n) is 7.64. The Kier molecular flexibility index (Phi) is 6.11. The third-order valence-corrected chi connectivity index (χ3v) is 6.72. The Morgan fingerprint density at radius 1 is 1.39 bits per heavy atom. The molecular weight excluding hydrogens is 332 g/mol. The van der Waals surface area contributed by atoms with Gasteiger partial charge < -0.3 is 5.32 Å². The topological polar surface area (TPSA) is 66.5 Å². The highest BCUT2D eigenvalue weighted by molar-refractivity contribution is 7.98. The molecule has 0 saturated carbocycles. The summed E-state index contributed by atoms with van der Waals surface area (Å²) in [5.41, 5.74) is 1.15. The van der Waals surface area contributed by atoms with Crippen LogP contribution in [-0.4, -0.2) is 56.1 Å². The maximum Gasteiger partial charge on any atom is 0.237 e. The second-order valence-electron chi connectivity index (χ2n) is 6.05. The number of likely N-dealkylation sites (N-methyl/N-ethyl adjacent to an activating group) is 1. The van der Waals surface area contributed by atoms with E-state index < -0.39 is 9.84 Å². The first-order valence-corrected chi connectivity index (χ1v) is 10.7. The molecule has 1 amide bonds. The van der Waals surface area contributed by atoms with E-state index in [2.05, 4.69) is 29.6 Å². The Morgan fingerprint density at radius 3 is 2.57 bits per heavy atom. The minimum atomic E-state index is -2.97. The number of carbonyl (C=O) groups excluding carboxylic acids is 1. The predicted molar refractivity (Wildman–Crippen MR) is 94.4 cm³/mol. The van der Waals surface area contributed by atoms with E-state index >= 15 is 0 Å². The number of hydrogen-bond donors (Lipinski definition) is 1. The second kappa shape index (κ2) is 7.68. The molecule has 0 unspecified atom stereocenters. The molecule has 0 bridgehead atoms. The third kappa shape index (κ3) is 5.22. The van der Waals surface area contributed by atoms with Gasteiger partial charge in [0, 0.05) is 17.5 Å². The van der Waals surface area contributed by atoms with E-state index in [-0.39, 0.29) is 29.5 Å². The molecule has 1 saturated heterocycles. The van der Waals surface area contributed by atoms with Gasteiger partial charge in [0.1, 0.15) is 0 Å². The summed E-state index contributed by atoms with van der Waals surface area (Å²) < 4.78 is 22.9. The van der Waals surface area contributed by atoms with Crippen molar-refractivity contribution in [1.29, 1.82) is 0 Å². The highest BCUT2D eigenvalue weighted by Gasteiger charge is 2.30. The quantitative estimate of drug-likeness (QED) is 0.783. The van der Waals surface area contributed by atoms with Crippen LogP contribution in [0.5, 0.6) is 0 Å². The number of nitrogens with one attached hydrogen (secondary N) is 1. The maximum absolute atomic E-state index is 12.3. The van der Waals surface area contributed by atoms with Crippen LogP contribution < -0.4 is 5.32 Å². The molecule has 0 spiro atoms. The molecule has 0 aliphatic carbocycles. The largest absolute Gasteiger partial charge is 0.351 e. The minimum absolute atomic E-state index is 0.0608. The lowest BCUT2D eigenvalue weighted by atomic mass is 10.1. The van der Waals surface area contributed by atoms with Crippen molar-refractivity contribution in [2.24, 2.45) is 0 Å². The van der Waals surface area contributed by atoms with Crippen molar-refractivity contribution >= 4 is 27.5 Å². The molecule has 1 heterocycles. The number of nitrogens with zero attached hydrogens (tertiary/aromatic N) is 1. The van der Waals surface area contributed by atoms with Crippen LogP contribution in [0.25, 0.3) is 0 Å². The molecule has 23 heavy (non-hydrogen) atoms. The summed E-state index contributed by atoms with van der Waals surface area (Å²) in [4.78, 5) is 15.5. The Balaban J connectivity index is 1.88. The SMILES string of the molecule is CSc1ccc(CN(C)[C@@H](C)C(=O)N[C@@H]2CCS(=O)(=O)C2)cc1. The van der Waals surface area contributed by atoms with Gasteiger partial charge in [-0.3, -0.25) is 9.69 Å². The third-order valence-electron chi connectivity index (χ3n) is 4.21. The number of rotatable bonds is 6. The number of carbonyl (C=O) groups is 1. The summed E-state index contributed by atoms with van der Waals surface area (Å²) in [6, 6.07) is 7.72. The lowest BCUT2D eigenvalue weighted by Crippen LogP contribution is -2.47. The molecule has 7 heteroatoms. The summed E-state index contributed by atoms with van der Waals surface area (Å²) >= 11 is 1.70. The first kappa shape index (κ1) is 18.3. The minimum Gasteiger partial charge on any atom is -0.351 e. The van der Waals surface area contributed by atoms with Gasteiger partial charge in [0.25, 0.3) is 0 Å². The lowest BCUT2D eigenvalue weighted by molar-refractivity contribution is -0.126. The van der Waals surface area contributed by atoms with Crippen LogP contribution in [0.1, 0.15) is 18.9 Å². The number of sulfone groups is 1. The zero-order valence-corrected chi connectivity index (χ0v) is 15.4. The van der Waals surface area contributed by atoms with E-state index in [9.17, 15) is 13.2 Å². The van der Waals surface area contributed by atoms with Gasteiger partial charge in [-0.25, -0.2) is 8.42 Å². The molecule has 0 aromatic heterocycles. The van der Waals surface area contributed by atoms with Gasteiger partial charge in [0.15, 0.2) is 9.84 Å². The molecule has 128 valence electrons. The van der Waals surface area contributed by atoms with Crippen LogP contribution >= 0.6 is 11.8 Å². The van der Waals surface area contributed by atoms with Gasteiger partial charge in [-0.1, -0.05) is 12.1 Å². The summed E-state index contributed by atoms with van der Waals surface area (Å²) in [5.74, 6) is 0.116. The molecule has 5 nitrogen and oxygen atoms in total. The highest BCUT2D eigenvalue weighted by Crippen LogP contribution is 2.16. The van der Waals surface area contributed by atoms with E-state index in [1.54, 1.807) is 11.8 Å². The fourth-order valence-corrected chi connectivity index (χ4v) is 4.67.